The van der Waals surface area contributed by atoms with Crippen molar-refractivity contribution in [3.05, 3.63) is 0 Å². The van der Waals surface area contributed by atoms with E-state index in [1.165, 1.54) is 32.1 Å². The van der Waals surface area contributed by atoms with E-state index < -0.39 is 0 Å². The van der Waals surface area contributed by atoms with Crippen LogP contribution < -0.4 is 0 Å². The largest absolute Gasteiger partial charge is 0.126 e. The molecule has 0 rings (SSSR count). The van der Waals surface area contributed by atoms with E-state index in [4.69, 9.17) is 11.6 Å². The first-order chi connectivity index (χ1) is 5.66. The third kappa shape index (κ3) is 8.39. The standard InChI is InChI=1S/C11H23Cl/c1-10(2)7-5-4-6-8-11(3)9-12/h10-11H,4-9H2,1-3H3. The molecule has 0 aromatic heterocycles. The number of rotatable bonds is 7. The first kappa shape index (κ1) is 12.3. The third-order valence-electron chi connectivity index (χ3n) is 2.24. The van der Waals surface area contributed by atoms with Crippen LogP contribution in [0.3, 0.4) is 0 Å². The van der Waals surface area contributed by atoms with Crippen molar-refractivity contribution in [3.8, 4) is 0 Å². The molecule has 0 fully saturated rings. The molecule has 0 aromatic rings. The maximum atomic E-state index is 5.72. The second kappa shape index (κ2) is 7.91. The summed E-state index contributed by atoms with van der Waals surface area (Å²) < 4.78 is 0. The molecule has 0 aliphatic rings. The summed E-state index contributed by atoms with van der Waals surface area (Å²) in [6.45, 7) is 6.82. The van der Waals surface area contributed by atoms with Crippen molar-refractivity contribution in [1.29, 1.82) is 0 Å². The lowest BCUT2D eigenvalue weighted by Crippen LogP contribution is -1.95. The monoisotopic (exact) mass is 190 g/mol. The third-order valence-corrected chi connectivity index (χ3v) is 2.77. The normalized spacial score (nSPS) is 13.8. The summed E-state index contributed by atoms with van der Waals surface area (Å²) in [4.78, 5) is 0. The quantitative estimate of drug-likeness (QED) is 0.411. The Hall–Kier alpha value is 0.290. The van der Waals surface area contributed by atoms with Crippen LogP contribution in [0.5, 0.6) is 0 Å². The van der Waals surface area contributed by atoms with Crippen molar-refractivity contribution < 1.29 is 0 Å². The Kier molecular flexibility index (Phi) is 8.11. The van der Waals surface area contributed by atoms with Crippen LogP contribution in [0.15, 0.2) is 0 Å². The van der Waals surface area contributed by atoms with Gasteiger partial charge in [-0.3, -0.25) is 0 Å². The smallest absolute Gasteiger partial charge is 0.0249 e. The lowest BCUT2D eigenvalue weighted by molar-refractivity contribution is 0.488. The zero-order chi connectivity index (χ0) is 9.40. The summed E-state index contributed by atoms with van der Waals surface area (Å²) in [7, 11) is 0. The molecular formula is C11H23Cl. The number of hydrogen-bond donors (Lipinski definition) is 0. The Morgan fingerprint density at radius 2 is 1.50 bits per heavy atom. The molecule has 74 valence electrons. The van der Waals surface area contributed by atoms with E-state index >= 15 is 0 Å². The molecular weight excluding hydrogens is 168 g/mol. The highest BCUT2D eigenvalue weighted by atomic mass is 35.5. The Balaban J connectivity index is 3.00. The molecule has 12 heavy (non-hydrogen) atoms. The lowest BCUT2D eigenvalue weighted by Gasteiger charge is -2.07. The van der Waals surface area contributed by atoms with E-state index in [1.54, 1.807) is 0 Å². The number of hydrogen-bond acceptors (Lipinski definition) is 0. The van der Waals surface area contributed by atoms with Gasteiger partial charge in [0.2, 0.25) is 0 Å². The molecule has 1 unspecified atom stereocenters. The predicted octanol–water partition coefficient (Wildman–Crippen LogP) is 4.47. The van der Waals surface area contributed by atoms with Gasteiger partial charge in [0.05, 0.1) is 0 Å². The van der Waals surface area contributed by atoms with Gasteiger partial charge in [-0.1, -0.05) is 46.5 Å². The van der Waals surface area contributed by atoms with E-state index in [2.05, 4.69) is 20.8 Å². The van der Waals surface area contributed by atoms with Gasteiger partial charge < -0.3 is 0 Å². The molecule has 1 heteroatoms. The molecule has 0 saturated heterocycles. The average Bonchev–Trinajstić information content (AvgIpc) is 2.03. The van der Waals surface area contributed by atoms with Crippen LogP contribution >= 0.6 is 11.6 Å². The van der Waals surface area contributed by atoms with E-state index in [0.29, 0.717) is 5.92 Å². The highest BCUT2D eigenvalue weighted by Gasteiger charge is 1.99. The second-order valence-corrected chi connectivity index (χ2v) is 4.60. The molecule has 0 spiro atoms. The van der Waals surface area contributed by atoms with Crippen molar-refractivity contribution in [3.63, 3.8) is 0 Å². The molecule has 0 nitrogen and oxygen atoms in total. The maximum Gasteiger partial charge on any atom is 0.0249 e. The Bertz CT molecular complexity index is 89.0. The topological polar surface area (TPSA) is 0 Å². The molecule has 0 aliphatic carbocycles. The van der Waals surface area contributed by atoms with Gasteiger partial charge in [-0.25, -0.2) is 0 Å². The average molecular weight is 191 g/mol. The number of unbranched alkanes of at least 4 members (excludes halogenated alkanes) is 2. The molecule has 1 atom stereocenters. The number of alkyl halides is 1. The minimum absolute atomic E-state index is 0.714. The SMILES string of the molecule is CC(C)CCCCCC(C)CCl. The minimum Gasteiger partial charge on any atom is -0.126 e. The summed E-state index contributed by atoms with van der Waals surface area (Å²) in [6.07, 6.45) is 6.84. The summed E-state index contributed by atoms with van der Waals surface area (Å²) in [5.41, 5.74) is 0. The molecule has 0 amide bonds. The summed E-state index contributed by atoms with van der Waals surface area (Å²) in [6, 6.07) is 0. The molecule has 0 heterocycles. The van der Waals surface area contributed by atoms with Crippen molar-refractivity contribution in [2.75, 3.05) is 5.88 Å². The Labute approximate surface area is 82.7 Å². The highest BCUT2D eigenvalue weighted by molar-refractivity contribution is 6.18. The van der Waals surface area contributed by atoms with Crippen LogP contribution in [-0.2, 0) is 0 Å². The number of halogens is 1. The fourth-order valence-electron chi connectivity index (χ4n) is 1.30. The summed E-state index contributed by atoms with van der Waals surface area (Å²) in [5.74, 6) is 2.41. The van der Waals surface area contributed by atoms with Crippen molar-refractivity contribution in [1.82, 2.24) is 0 Å². The first-order valence-electron chi connectivity index (χ1n) is 5.22. The zero-order valence-electron chi connectivity index (χ0n) is 8.78. The van der Waals surface area contributed by atoms with Crippen molar-refractivity contribution in [2.45, 2.75) is 52.9 Å². The van der Waals surface area contributed by atoms with E-state index in [9.17, 15) is 0 Å². The minimum atomic E-state index is 0.714. The fourth-order valence-corrected chi connectivity index (χ4v) is 1.45. The second-order valence-electron chi connectivity index (χ2n) is 4.29. The molecule has 0 aromatic carbocycles. The van der Waals surface area contributed by atoms with E-state index in [0.717, 1.165) is 11.8 Å². The van der Waals surface area contributed by atoms with Crippen LogP contribution in [0.4, 0.5) is 0 Å². The lowest BCUT2D eigenvalue weighted by atomic mass is 10.0. The van der Waals surface area contributed by atoms with Gasteiger partial charge in [0, 0.05) is 5.88 Å². The van der Waals surface area contributed by atoms with E-state index in [-0.39, 0.29) is 0 Å². The summed E-state index contributed by atoms with van der Waals surface area (Å²) >= 11 is 5.72. The van der Waals surface area contributed by atoms with Gasteiger partial charge >= 0.3 is 0 Å². The molecule has 0 N–H and O–H groups in total. The van der Waals surface area contributed by atoms with Crippen LogP contribution in [0, 0.1) is 11.8 Å². The molecule has 0 aliphatic heterocycles. The molecule has 0 saturated carbocycles. The fraction of sp³-hybridized carbons (Fsp3) is 1.00. The summed E-state index contributed by atoms with van der Waals surface area (Å²) in [5, 5.41) is 0. The van der Waals surface area contributed by atoms with Gasteiger partial charge in [-0.15, -0.1) is 11.6 Å². The van der Waals surface area contributed by atoms with Crippen LogP contribution in [0.2, 0.25) is 0 Å². The van der Waals surface area contributed by atoms with Gasteiger partial charge in [0.25, 0.3) is 0 Å². The van der Waals surface area contributed by atoms with Gasteiger partial charge in [-0.05, 0) is 18.3 Å². The molecule has 0 bridgehead atoms. The zero-order valence-corrected chi connectivity index (χ0v) is 9.53. The van der Waals surface area contributed by atoms with Crippen LogP contribution in [0.25, 0.3) is 0 Å². The van der Waals surface area contributed by atoms with Crippen LogP contribution in [0.1, 0.15) is 52.9 Å². The maximum absolute atomic E-state index is 5.72. The van der Waals surface area contributed by atoms with Gasteiger partial charge in [0.1, 0.15) is 0 Å². The highest BCUT2D eigenvalue weighted by Crippen LogP contribution is 2.13. The Morgan fingerprint density at radius 1 is 0.917 bits per heavy atom. The van der Waals surface area contributed by atoms with Gasteiger partial charge in [-0.2, -0.15) is 0 Å². The van der Waals surface area contributed by atoms with Crippen molar-refractivity contribution >= 4 is 11.6 Å². The van der Waals surface area contributed by atoms with Crippen LogP contribution in [-0.4, -0.2) is 5.88 Å². The van der Waals surface area contributed by atoms with Gasteiger partial charge in [0.15, 0.2) is 0 Å². The van der Waals surface area contributed by atoms with E-state index in [1.807, 2.05) is 0 Å². The Morgan fingerprint density at radius 3 is 2.00 bits per heavy atom. The van der Waals surface area contributed by atoms with Crippen molar-refractivity contribution in [2.24, 2.45) is 11.8 Å². The molecule has 0 radical (unpaired) electrons. The first-order valence-corrected chi connectivity index (χ1v) is 5.76. The predicted molar refractivity (Wildman–Crippen MR) is 57.8 cm³/mol.